The second-order valence-corrected chi connectivity index (χ2v) is 16.7. The van der Waals surface area contributed by atoms with Crippen molar-refractivity contribution in [1.82, 2.24) is 5.32 Å². The standard InChI is InChI=1S/C45H82NO10P/c1-3-5-7-9-11-13-15-17-19-20-21-23-25-27-29-31-33-35-37-44(49)54-38-41(47)39-55-57(52,53)56-40-42(45(50)51)46-43(48)36-34-32-30-28-26-24-22-18-16-14-12-10-8-6-4-2/h6,8,12,14,18,22,41-42,47H,3-5,7,9-11,13,15-17,19-21,23-40H2,1-2H3,(H,46,48)(H,50,51)(H,52,53)/b8-6-,14-12-,22-18-. The summed E-state index contributed by atoms with van der Waals surface area (Å²) in [5, 5.41) is 21.8. The Hall–Kier alpha value is -2.30. The molecule has 0 rings (SSSR count). The molecule has 3 atom stereocenters. The predicted octanol–water partition coefficient (Wildman–Crippen LogP) is 11.6. The number of esters is 1. The molecule has 0 saturated carbocycles. The van der Waals surface area contributed by atoms with E-state index in [1.807, 2.05) is 0 Å². The lowest BCUT2D eigenvalue weighted by Gasteiger charge is -2.18. The maximum atomic E-state index is 12.3. The summed E-state index contributed by atoms with van der Waals surface area (Å²) in [5.41, 5.74) is 0. The van der Waals surface area contributed by atoms with Crippen molar-refractivity contribution in [2.45, 2.75) is 212 Å². The van der Waals surface area contributed by atoms with Crippen LogP contribution in [-0.4, -0.2) is 64.9 Å². The van der Waals surface area contributed by atoms with Crippen molar-refractivity contribution < 1.29 is 47.8 Å². The summed E-state index contributed by atoms with van der Waals surface area (Å²) >= 11 is 0. The Kier molecular flexibility index (Phi) is 38.8. The molecule has 332 valence electrons. The first-order valence-electron chi connectivity index (χ1n) is 22.5. The quantitative estimate of drug-likeness (QED) is 0.0201. The normalized spacial score (nSPS) is 14.0. The van der Waals surface area contributed by atoms with Gasteiger partial charge in [0.15, 0.2) is 6.04 Å². The number of hydrogen-bond donors (Lipinski definition) is 4. The van der Waals surface area contributed by atoms with Crippen LogP contribution in [0.25, 0.3) is 0 Å². The third-order valence-electron chi connectivity index (χ3n) is 9.69. The van der Waals surface area contributed by atoms with E-state index in [1.165, 1.54) is 89.9 Å². The summed E-state index contributed by atoms with van der Waals surface area (Å²) in [4.78, 5) is 45.9. The van der Waals surface area contributed by atoms with Crippen molar-refractivity contribution in [3.63, 3.8) is 0 Å². The van der Waals surface area contributed by atoms with Gasteiger partial charge in [-0.25, -0.2) is 9.36 Å². The Bertz CT molecular complexity index is 1110. The van der Waals surface area contributed by atoms with Crippen LogP contribution in [0.1, 0.15) is 200 Å². The molecule has 11 nitrogen and oxygen atoms in total. The lowest BCUT2D eigenvalue weighted by molar-refractivity contribution is -0.147. The van der Waals surface area contributed by atoms with E-state index < -0.39 is 57.6 Å². The summed E-state index contributed by atoms with van der Waals surface area (Å²) < 4.78 is 26.8. The summed E-state index contributed by atoms with van der Waals surface area (Å²) in [7, 11) is -4.76. The molecule has 0 bridgehead atoms. The first-order valence-corrected chi connectivity index (χ1v) is 24.0. The SMILES string of the molecule is CC/C=C\C/C=C\C/C=C\CCCCCCCC(=O)NC(COP(=O)(O)OCC(O)COC(=O)CCCCCCCCCCCCCCCCCCCC)C(=O)O. The molecule has 0 saturated heterocycles. The van der Waals surface area contributed by atoms with E-state index in [0.29, 0.717) is 12.8 Å². The molecular weight excluding hydrogens is 745 g/mol. The average Bonchev–Trinajstić information content (AvgIpc) is 3.18. The number of phosphoric acid groups is 1. The molecule has 0 aromatic carbocycles. The minimum atomic E-state index is -4.76. The van der Waals surface area contributed by atoms with Gasteiger partial charge in [-0.05, 0) is 44.9 Å². The predicted molar refractivity (Wildman–Crippen MR) is 231 cm³/mol. The number of carbonyl (C=O) groups is 3. The van der Waals surface area contributed by atoms with Gasteiger partial charge in [0, 0.05) is 12.8 Å². The second-order valence-electron chi connectivity index (χ2n) is 15.2. The van der Waals surface area contributed by atoms with Crippen LogP contribution in [0.2, 0.25) is 0 Å². The fraction of sp³-hybridized carbons (Fsp3) is 0.800. The molecule has 0 aromatic heterocycles. The Morgan fingerprint density at radius 2 is 1.02 bits per heavy atom. The molecule has 0 aliphatic carbocycles. The van der Waals surface area contributed by atoms with Gasteiger partial charge in [-0.1, -0.05) is 179 Å². The monoisotopic (exact) mass is 828 g/mol. The first kappa shape index (κ1) is 54.7. The first-order chi connectivity index (χ1) is 27.6. The van der Waals surface area contributed by atoms with E-state index in [9.17, 15) is 34.1 Å². The second kappa shape index (κ2) is 40.5. The zero-order valence-corrected chi connectivity index (χ0v) is 36.8. The summed E-state index contributed by atoms with van der Waals surface area (Å²) in [6, 6.07) is -1.55. The number of hydrogen-bond acceptors (Lipinski definition) is 8. The molecule has 0 radical (unpaired) electrons. The molecule has 0 heterocycles. The summed E-state index contributed by atoms with van der Waals surface area (Å²) in [6.45, 7) is 2.48. The molecular formula is C45H82NO10P. The Morgan fingerprint density at radius 1 is 0.579 bits per heavy atom. The van der Waals surface area contributed by atoms with Gasteiger partial charge < -0.3 is 25.2 Å². The molecule has 12 heteroatoms. The Labute approximate surface area is 346 Å². The Morgan fingerprint density at radius 3 is 1.53 bits per heavy atom. The number of carbonyl (C=O) groups excluding carboxylic acids is 2. The number of allylic oxidation sites excluding steroid dienone is 6. The van der Waals surface area contributed by atoms with E-state index in [1.54, 1.807) is 0 Å². The highest BCUT2D eigenvalue weighted by atomic mass is 31.2. The van der Waals surface area contributed by atoms with Crippen molar-refractivity contribution in [3.8, 4) is 0 Å². The zero-order chi connectivity index (χ0) is 42.1. The van der Waals surface area contributed by atoms with Crippen molar-refractivity contribution >= 4 is 25.7 Å². The number of carboxylic acids is 1. The van der Waals surface area contributed by atoms with Gasteiger partial charge >= 0.3 is 19.8 Å². The number of aliphatic carboxylic acids is 1. The highest BCUT2D eigenvalue weighted by Gasteiger charge is 2.28. The van der Waals surface area contributed by atoms with Gasteiger partial charge in [0.2, 0.25) is 5.91 Å². The summed E-state index contributed by atoms with van der Waals surface area (Å²) in [6.07, 6.45) is 43.1. The molecule has 4 N–H and O–H groups in total. The lowest BCUT2D eigenvalue weighted by atomic mass is 10.0. The van der Waals surface area contributed by atoms with Crippen LogP contribution in [0.5, 0.6) is 0 Å². The van der Waals surface area contributed by atoms with E-state index in [0.717, 1.165) is 70.6 Å². The summed E-state index contributed by atoms with van der Waals surface area (Å²) in [5.74, 6) is -2.39. The number of unbranched alkanes of at least 4 members (excludes halogenated alkanes) is 22. The highest BCUT2D eigenvalue weighted by molar-refractivity contribution is 7.47. The van der Waals surface area contributed by atoms with E-state index in [-0.39, 0.29) is 12.8 Å². The molecule has 1 amide bonds. The molecule has 0 aliphatic rings. The van der Waals surface area contributed by atoms with Gasteiger partial charge in [-0.2, -0.15) is 0 Å². The van der Waals surface area contributed by atoms with Gasteiger partial charge in [-0.3, -0.25) is 18.6 Å². The van der Waals surface area contributed by atoms with Crippen LogP contribution in [0.4, 0.5) is 0 Å². The third-order valence-corrected chi connectivity index (χ3v) is 10.6. The minimum absolute atomic E-state index is 0.126. The van der Waals surface area contributed by atoms with Crippen molar-refractivity contribution in [2.24, 2.45) is 0 Å². The number of nitrogens with one attached hydrogen (secondary N) is 1. The largest absolute Gasteiger partial charge is 0.480 e. The topological polar surface area (TPSA) is 169 Å². The molecule has 0 spiro atoms. The van der Waals surface area contributed by atoms with Crippen LogP contribution in [0.3, 0.4) is 0 Å². The molecule has 3 unspecified atom stereocenters. The van der Waals surface area contributed by atoms with Gasteiger partial charge in [0.1, 0.15) is 12.7 Å². The highest BCUT2D eigenvalue weighted by Crippen LogP contribution is 2.43. The lowest BCUT2D eigenvalue weighted by Crippen LogP contribution is -2.43. The minimum Gasteiger partial charge on any atom is -0.480 e. The van der Waals surface area contributed by atoms with Crippen LogP contribution in [0.15, 0.2) is 36.5 Å². The average molecular weight is 828 g/mol. The number of phosphoric ester groups is 1. The number of rotatable bonds is 42. The van der Waals surface area contributed by atoms with Crippen LogP contribution >= 0.6 is 7.82 Å². The van der Waals surface area contributed by atoms with Crippen molar-refractivity contribution in [3.05, 3.63) is 36.5 Å². The van der Waals surface area contributed by atoms with Gasteiger partial charge in [0.05, 0.1) is 13.2 Å². The fourth-order valence-corrected chi connectivity index (χ4v) is 6.98. The Balaban J connectivity index is 3.88. The van der Waals surface area contributed by atoms with Crippen molar-refractivity contribution in [1.29, 1.82) is 0 Å². The van der Waals surface area contributed by atoms with Gasteiger partial charge in [-0.15, -0.1) is 0 Å². The smallest absolute Gasteiger partial charge is 0.472 e. The van der Waals surface area contributed by atoms with E-state index >= 15 is 0 Å². The maximum absolute atomic E-state index is 12.3. The number of aliphatic hydroxyl groups is 1. The van der Waals surface area contributed by atoms with E-state index in [4.69, 9.17) is 13.8 Å². The third kappa shape index (κ3) is 40.3. The number of carboxylic acid groups (broad SMARTS) is 1. The van der Waals surface area contributed by atoms with E-state index in [2.05, 4.69) is 55.6 Å². The van der Waals surface area contributed by atoms with Crippen molar-refractivity contribution in [2.75, 3.05) is 19.8 Å². The van der Waals surface area contributed by atoms with Crippen LogP contribution in [0, 0.1) is 0 Å². The van der Waals surface area contributed by atoms with Gasteiger partial charge in [0.25, 0.3) is 0 Å². The number of amides is 1. The maximum Gasteiger partial charge on any atom is 0.472 e. The van der Waals surface area contributed by atoms with Crippen LogP contribution < -0.4 is 5.32 Å². The zero-order valence-electron chi connectivity index (χ0n) is 35.9. The molecule has 57 heavy (non-hydrogen) atoms. The molecule has 0 aliphatic heterocycles. The molecule has 0 fully saturated rings. The number of aliphatic hydroxyl groups excluding tert-OH is 1. The fourth-order valence-electron chi connectivity index (χ4n) is 6.21. The number of ether oxygens (including phenoxy) is 1. The molecule has 0 aromatic rings. The van der Waals surface area contributed by atoms with Crippen LogP contribution in [-0.2, 0) is 32.7 Å².